The smallest absolute Gasteiger partial charge is 0.251 e. The zero-order chi connectivity index (χ0) is 20.1. The minimum atomic E-state index is -3.80. The number of primary sulfonamides is 1. The van der Waals surface area contributed by atoms with Crippen molar-refractivity contribution in [3.63, 3.8) is 0 Å². The standard InChI is InChI=1S/C21H20N2O4S/c1-15(16-7-6-12-20(14-16)28(22,25)26)23-21(24)17-8-5-11-19(13-17)27-18-9-3-2-4-10-18/h2-15H,1H3,(H,23,24)(H2,22,25,26)/t15-/m0/s1. The number of benzene rings is 3. The second kappa shape index (κ2) is 8.24. The Morgan fingerprint density at radius 3 is 2.32 bits per heavy atom. The van der Waals surface area contributed by atoms with Gasteiger partial charge in [0, 0.05) is 5.56 Å². The Bertz CT molecular complexity index is 1080. The number of hydrogen-bond acceptors (Lipinski definition) is 4. The Kier molecular flexibility index (Phi) is 5.77. The van der Waals surface area contributed by atoms with Gasteiger partial charge in [-0.2, -0.15) is 0 Å². The number of carbonyl (C=O) groups is 1. The molecule has 0 aliphatic carbocycles. The van der Waals surface area contributed by atoms with Gasteiger partial charge in [0.1, 0.15) is 11.5 Å². The van der Waals surface area contributed by atoms with Gasteiger partial charge in [0.25, 0.3) is 5.91 Å². The summed E-state index contributed by atoms with van der Waals surface area (Å²) in [5.41, 5.74) is 1.07. The molecule has 0 radical (unpaired) electrons. The molecule has 0 unspecified atom stereocenters. The Hall–Kier alpha value is -3.16. The van der Waals surface area contributed by atoms with Gasteiger partial charge in [0.2, 0.25) is 10.0 Å². The first kappa shape index (κ1) is 19.6. The van der Waals surface area contributed by atoms with Gasteiger partial charge in [-0.05, 0) is 55.0 Å². The largest absolute Gasteiger partial charge is 0.457 e. The molecule has 0 aliphatic rings. The molecule has 0 spiro atoms. The molecule has 3 aromatic carbocycles. The summed E-state index contributed by atoms with van der Waals surface area (Å²) < 4.78 is 28.8. The van der Waals surface area contributed by atoms with Crippen molar-refractivity contribution >= 4 is 15.9 Å². The quantitative estimate of drug-likeness (QED) is 0.665. The molecule has 0 aliphatic heterocycles. The molecular formula is C21H20N2O4S. The summed E-state index contributed by atoms with van der Waals surface area (Å²) in [6.45, 7) is 1.77. The van der Waals surface area contributed by atoms with Gasteiger partial charge in [-0.25, -0.2) is 13.6 Å². The van der Waals surface area contributed by atoms with Crippen LogP contribution in [0.5, 0.6) is 11.5 Å². The van der Waals surface area contributed by atoms with Crippen molar-refractivity contribution in [2.75, 3.05) is 0 Å². The second-order valence-corrected chi connectivity index (χ2v) is 7.82. The van der Waals surface area contributed by atoms with Gasteiger partial charge < -0.3 is 10.1 Å². The molecule has 6 nitrogen and oxygen atoms in total. The van der Waals surface area contributed by atoms with E-state index in [1.807, 2.05) is 30.3 Å². The van der Waals surface area contributed by atoms with Crippen LogP contribution in [0.3, 0.4) is 0 Å². The third kappa shape index (κ3) is 4.97. The molecule has 0 saturated carbocycles. The Balaban J connectivity index is 1.73. The zero-order valence-electron chi connectivity index (χ0n) is 15.2. The molecule has 28 heavy (non-hydrogen) atoms. The summed E-state index contributed by atoms with van der Waals surface area (Å²) in [5.74, 6) is 0.919. The van der Waals surface area contributed by atoms with Crippen LogP contribution in [-0.4, -0.2) is 14.3 Å². The van der Waals surface area contributed by atoms with Crippen molar-refractivity contribution in [1.82, 2.24) is 5.32 Å². The fourth-order valence-corrected chi connectivity index (χ4v) is 3.22. The molecule has 3 N–H and O–H groups in total. The van der Waals surface area contributed by atoms with E-state index in [2.05, 4.69) is 5.32 Å². The van der Waals surface area contributed by atoms with Crippen molar-refractivity contribution < 1.29 is 17.9 Å². The van der Waals surface area contributed by atoms with Crippen molar-refractivity contribution in [3.05, 3.63) is 90.0 Å². The van der Waals surface area contributed by atoms with Crippen molar-refractivity contribution in [3.8, 4) is 11.5 Å². The highest BCUT2D eigenvalue weighted by Gasteiger charge is 2.15. The first-order chi connectivity index (χ1) is 13.3. The number of nitrogens with two attached hydrogens (primary N) is 1. The molecule has 3 aromatic rings. The average molecular weight is 396 g/mol. The van der Waals surface area contributed by atoms with E-state index >= 15 is 0 Å². The molecule has 0 fully saturated rings. The van der Waals surface area contributed by atoms with Crippen molar-refractivity contribution in [2.24, 2.45) is 5.14 Å². The molecule has 0 bridgehead atoms. The molecule has 144 valence electrons. The van der Waals surface area contributed by atoms with Crippen LogP contribution >= 0.6 is 0 Å². The summed E-state index contributed by atoms with van der Waals surface area (Å²) in [7, 11) is -3.80. The second-order valence-electron chi connectivity index (χ2n) is 6.26. The van der Waals surface area contributed by atoms with E-state index in [1.54, 1.807) is 43.3 Å². The lowest BCUT2D eigenvalue weighted by molar-refractivity contribution is 0.0939. The van der Waals surface area contributed by atoms with Gasteiger partial charge in [0.05, 0.1) is 10.9 Å². The normalized spacial score (nSPS) is 12.2. The predicted octanol–water partition coefficient (Wildman–Crippen LogP) is 3.62. The third-order valence-corrected chi connectivity index (χ3v) is 5.02. The van der Waals surface area contributed by atoms with Crippen LogP contribution in [0.1, 0.15) is 28.9 Å². The first-order valence-corrected chi connectivity index (χ1v) is 10.1. The van der Waals surface area contributed by atoms with Crippen LogP contribution in [0.25, 0.3) is 0 Å². The molecule has 1 amide bonds. The summed E-state index contributed by atoms with van der Waals surface area (Å²) in [6.07, 6.45) is 0. The third-order valence-electron chi connectivity index (χ3n) is 4.11. The number of carbonyl (C=O) groups excluding carboxylic acids is 1. The first-order valence-electron chi connectivity index (χ1n) is 8.59. The Morgan fingerprint density at radius 2 is 1.61 bits per heavy atom. The molecule has 0 heterocycles. The number of nitrogens with one attached hydrogen (secondary N) is 1. The topological polar surface area (TPSA) is 98.5 Å². The summed E-state index contributed by atoms with van der Waals surface area (Å²) in [5, 5.41) is 8.02. The summed E-state index contributed by atoms with van der Waals surface area (Å²) >= 11 is 0. The fraction of sp³-hybridized carbons (Fsp3) is 0.0952. The number of amides is 1. The number of ether oxygens (including phenoxy) is 1. The van der Waals surface area contributed by atoms with Crippen molar-refractivity contribution in [1.29, 1.82) is 0 Å². The number of sulfonamides is 1. The van der Waals surface area contributed by atoms with Crippen LogP contribution in [0.2, 0.25) is 0 Å². The molecular weight excluding hydrogens is 376 g/mol. The van der Waals surface area contributed by atoms with Crippen LogP contribution in [0, 0.1) is 0 Å². The minimum Gasteiger partial charge on any atom is -0.457 e. The molecule has 3 rings (SSSR count). The molecule has 1 atom stereocenters. The maximum Gasteiger partial charge on any atom is 0.251 e. The van der Waals surface area contributed by atoms with Crippen LogP contribution < -0.4 is 15.2 Å². The van der Waals surface area contributed by atoms with E-state index in [0.29, 0.717) is 22.6 Å². The highest BCUT2D eigenvalue weighted by atomic mass is 32.2. The van der Waals surface area contributed by atoms with Gasteiger partial charge in [-0.1, -0.05) is 36.4 Å². The van der Waals surface area contributed by atoms with Gasteiger partial charge in [-0.15, -0.1) is 0 Å². The fourth-order valence-electron chi connectivity index (χ4n) is 2.65. The minimum absolute atomic E-state index is 0.00403. The number of hydrogen-bond donors (Lipinski definition) is 2. The van der Waals surface area contributed by atoms with E-state index in [-0.39, 0.29) is 10.8 Å². The highest BCUT2D eigenvalue weighted by Crippen LogP contribution is 2.22. The van der Waals surface area contributed by atoms with Gasteiger partial charge >= 0.3 is 0 Å². The van der Waals surface area contributed by atoms with Crippen LogP contribution in [-0.2, 0) is 10.0 Å². The van der Waals surface area contributed by atoms with E-state index in [9.17, 15) is 13.2 Å². The Morgan fingerprint density at radius 1 is 0.929 bits per heavy atom. The number of para-hydroxylation sites is 1. The van der Waals surface area contributed by atoms with Crippen LogP contribution in [0.4, 0.5) is 0 Å². The van der Waals surface area contributed by atoms with E-state index < -0.39 is 16.1 Å². The zero-order valence-corrected chi connectivity index (χ0v) is 16.0. The Labute approximate surface area is 164 Å². The van der Waals surface area contributed by atoms with Gasteiger partial charge in [-0.3, -0.25) is 4.79 Å². The maximum atomic E-state index is 12.6. The predicted molar refractivity (Wildman–Crippen MR) is 107 cm³/mol. The lowest BCUT2D eigenvalue weighted by atomic mass is 10.1. The van der Waals surface area contributed by atoms with Crippen molar-refractivity contribution in [2.45, 2.75) is 17.9 Å². The van der Waals surface area contributed by atoms with E-state index in [0.717, 1.165) is 0 Å². The summed E-state index contributed by atoms with van der Waals surface area (Å²) in [6, 6.07) is 21.9. The number of rotatable bonds is 6. The van der Waals surface area contributed by atoms with E-state index in [4.69, 9.17) is 9.88 Å². The van der Waals surface area contributed by atoms with E-state index in [1.165, 1.54) is 12.1 Å². The lowest BCUT2D eigenvalue weighted by Gasteiger charge is -2.15. The van der Waals surface area contributed by atoms with Crippen LogP contribution in [0.15, 0.2) is 83.8 Å². The lowest BCUT2D eigenvalue weighted by Crippen LogP contribution is -2.26. The monoisotopic (exact) mass is 396 g/mol. The average Bonchev–Trinajstić information content (AvgIpc) is 2.68. The molecule has 0 saturated heterocycles. The molecule has 0 aromatic heterocycles. The van der Waals surface area contributed by atoms with Gasteiger partial charge in [0.15, 0.2) is 0 Å². The highest BCUT2D eigenvalue weighted by molar-refractivity contribution is 7.89. The maximum absolute atomic E-state index is 12.6. The SMILES string of the molecule is C[C@H](NC(=O)c1cccc(Oc2ccccc2)c1)c1cccc(S(N)(=O)=O)c1. The molecule has 7 heteroatoms. The summed E-state index contributed by atoms with van der Waals surface area (Å²) in [4.78, 5) is 12.6.